The molecule has 0 aliphatic heterocycles. The number of para-hydroxylation sites is 1. The first-order valence-electron chi connectivity index (χ1n) is 9.89. The molecule has 3 N–H and O–H groups in total. The number of aromatic nitrogens is 2. The van der Waals surface area contributed by atoms with Crippen molar-refractivity contribution in [3.63, 3.8) is 0 Å². The molecule has 8 heteroatoms. The molecule has 0 radical (unpaired) electrons. The number of ether oxygens (including phenoxy) is 1. The van der Waals surface area contributed by atoms with Crippen LogP contribution in [-0.2, 0) is 13.1 Å². The summed E-state index contributed by atoms with van der Waals surface area (Å²) in [6, 6.07) is 15.2. The van der Waals surface area contributed by atoms with Gasteiger partial charge in [0.25, 0.3) is 5.56 Å². The highest BCUT2D eigenvalue weighted by atomic mass is 32.1. The minimum Gasteiger partial charge on any atom is -0.497 e. The number of rotatable bonds is 8. The summed E-state index contributed by atoms with van der Waals surface area (Å²) in [7, 11) is 5.85. The fraction of sp³-hybridized carbons (Fsp3) is 0.318. The monoisotopic (exact) mass is 426 g/mol. The third-order valence-corrected chi connectivity index (χ3v) is 5.18. The number of methoxy groups -OCH3 is 1. The third kappa shape index (κ3) is 5.77. The number of hydrogen-bond acceptors (Lipinski definition) is 4. The van der Waals surface area contributed by atoms with E-state index in [0.29, 0.717) is 34.9 Å². The number of likely N-dealkylation sites (N-methyl/N-ethyl adjacent to an activating group) is 1. The van der Waals surface area contributed by atoms with E-state index in [0.717, 1.165) is 24.4 Å². The number of fused-ring (bicyclic) bond motifs is 1. The van der Waals surface area contributed by atoms with E-state index in [9.17, 15) is 4.79 Å². The summed E-state index contributed by atoms with van der Waals surface area (Å²) in [5.41, 5.74) is 1.66. The molecule has 0 unspecified atom stereocenters. The Bertz CT molecular complexity index is 1050. The molecule has 1 aromatic heterocycles. The highest BCUT2D eigenvalue weighted by Gasteiger charge is 2.14. The lowest BCUT2D eigenvalue weighted by Crippen LogP contribution is -3.06. The molecule has 0 bridgehead atoms. The van der Waals surface area contributed by atoms with Gasteiger partial charge in [0.2, 0.25) is 0 Å². The van der Waals surface area contributed by atoms with Crippen molar-refractivity contribution in [2.75, 3.05) is 34.3 Å². The fourth-order valence-corrected chi connectivity index (χ4v) is 3.26. The molecular weight excluding hydrogens is 398 g/mol. The number of quaternary nitrogens is 1. The number of thiocarbonyl (C=S) groups is 1. The third-order valence-electron chi connectivity index (χ3n) is 4.77. The molecular formula is C22H28N5O2S+. The van der Waals surface area contributed by atoms with Gasteiger partial charge in [0.1, 0.15) is 11.6 Å². The first kappa shape index (κ1) is 21.7. The van der Waals surface area contributed by atoms with Crippen molar-refractivity contribution in [2.45, 2.75) is 13.1 Å². The van der Waals surface area contributed by atoms with Crippen molar-refractivity contribution >= 4 is 28.2 Å². The SMILES string of the molecule is COc1ccc(CNC(=S)N(CC[NH+](C)C)Cc2nc3ccccc3c(=O)[nH]2)cc1. The molecule has 158 valence electrons. The molecule has 3 rings (SSSR count). The van der Waals surface area contributed by atoms with Crippen molar-refractivity contribution in [1.29, 1.82) is 0 Å². The average Bonchev–Trinajstić information content (AvgIpc) is 2.75. The quantitative estimate of drug-likeness (QED) is 0.466. The van der Waals surface area contributed by atoms with Crippen LogP contribution in [0.5, 0.6) is 5.75 Å². The van der Waals surface area contributed by atoms with Gasteiger partial charge in [-0.15, -0.1) is 0 Å². The maximum atomic E-state index is 12.4. The Hall–Kier alpha value is -2.97. The molecule has 0 saturated carbocycles. The fourth-order valence-electron chi connectivity index (χ4n) is 3.03. The highest BCUT2D eigenvalue weighted by Crippen LogP contribution is 2.11. The van der Waals surface area contributed by atoms with Crippen LogP contribution in [0.2, 0.25) is 0 Å². The smallest absolute Gasteiger partial charge is 0.258 e. The number of aromatic amines is 1. The summed E-state index contributed by atoms with van der Waals surface area (Å²) >= 11 is 5.66. The van der Waals surface area contributed by atoms with Crippen LogP contribution >= 0.6 is 12.2 Å². The van der Waals surface area contributed by atoms with Gasteiger partial charge in [-0.25, -0.2) is 4.98 Å². The summed E-state index contributed by atoms with van der Waals surface area (Å²) in [5.74, 6) is 1.42. The molecule has 0 fully saturated rings. The second-order valence-electron chi connectivity index (χ2n) is 7.42. The van der Waals surface area contributed by atoms with Crippen molar-refractivity contribution < 1.29 is 9.64 Å². The van der Waals surface area contributed by atoms with Crippen molar-refractivity contribution in [1.82, 2.24) is 20.2 Å². The van der Waals surface area contributed by atoms with Crippen LogP contribution in [0.15, 0.2) is 53.3 Å². The predicted molar refractivity (Wildman–Crippen MR) is 123 cm³/mol. The Morgan fingerprint density at radius 2 is 1.93 bits per heavy atom. The zero-order valence-corrected chi connectivity index (χ0v) is 18.4. The summed E-state index contributed by atoms with van der Waals surface area (Å²) < 4.78 is 5.20. The second-order valence-corrected chi connectivity index (χ2v) is 7.80. The summed E-state index contributed by atoms with van der Waals surface area (Å²) in [4.78, 5) is 23.3. The standard InChI is InChI=1S/C22H27N5O2S/c1-26(2)12-13-27(22(30)23-14-16-8-10-17(29-3)11-9-16)15-20-24-19-7-5-4-6-18(19)21(28)25-20/h4-11H,12-15H2,1-3H3,(H,23,30)(H,24,25,28)/p+1. The summed E-state index contributed by atoms with van der Waals surface area (Å²) in [5, 5.41) is 4.54. The van der Waals surface area contributed by atoms with Crippen LogP contribution in [-0.4, -0.2) is 54.3 Å². The van der Waals surface area contributed by atoms with E-state index in [-0.39, 0.29) is 5.56 Å². The summed E-state index contributed by atoms with van der Waals surface area (Å²) in [6.07, 6.45) is 0. The van der Waals surface area contributed by atoms with Crippen LogP contribution in [0.3, 0.4) is 0 Å². The Morgan fingerprint density at radius 3 is 2.63 bits per heavy atom. The van der Waals surface area contributed by atoms with Crippen LogP contribution in [0.1, 0.15) is 11.4 Å². The number of hydrogen-bond donors (Lipinski definition) is 3. The van der Waals surface area contributed by atoms with Crippen LogP contribution in [0.4, 0.5) is 0 Å². The van der Waals surface area contributed by atoms with E-state index in [1.807, 2.05) is 47.4 Å². The number of H-pyrrole nitrogens is 1. The van der Waals surface area contributed by atoms with E-state index < -0.39 is 0 Å². The van der Waals surface area contributed by atoms with E-state index >= 15 is 0 Å². The topological polar surface area (TPSA) is 74.7 Å². The molecule has 0 atom stereocenters. The van der Waals surface area contributed by atoms with Crippen LogP contribution in [0.25, 0.3) is 10.9 Å². The zero-order chi connectivity index (χ0) is 21.5. The predicted octanol–water partition coefficient (Wildman–Crippen LogP) is 0.953. The first-order chi connectivity index (χ1) is 14.5. The van der Waals surface area contributed by atoms with E-state index in [1.54, 1.807) is 13.2 Å². The number of nitrogens with zero attached hydrogens (tertiary/aromatic N) is 2. The molecule has 0 aliphatic carbocycles. The van der Waals surface area contributed by atoms with Crippen molar-refractivity contribution in [3.05, 3.63) is 70.3 Å². The Balaban J connectivity index is 1.73. The Kier molecular flexibility index (Phi) is 7.37. The minimum atomic E-state index is -0.133. The summed E-state index contributed by atoms with van der Waals surface area (Å²) in [6.45, 7) is 2.69. The van der Waals surface area contributed by atoms with Gasteiger partial charge in [0.15, 0.2) is 5.11 Å². The lowest BCUT2D eigenvalue weighted by atomic mass is 10.2. The molecule has 0 spiro atoms. The van der Waals surface area contributed by atoms with E-state index in [4.69, 9.17) is 17.0 Å². The molecule has 0 aliphatic rings. The first-order valence-corrected chi connectivity index (χ1v) is 10.3. The lowest BCUT2D eigenvalue weighted by molar-refractivity contribution is -0.857. The largest absolute Gasteiger partial charge is 0.497 e. The normalized spacial score (nSPS) is 10.9. The molecule has 1 heterocycles. The molecule has 30 heavy (non-hydrogen) atoms. The van der Waals surface area contributed by atoms with Gasteiger partial charge in [-0.3, -0.25) is 4.79 Å². The molecule has 3 aromatic rings. The molecule has 2 aromatic carbocycles. The number of nitrogens with one attached hydrogen (secondary N) is 3. The van der Waals surface area contributed by atoms with Gasteiger partial charge >= 0.3 is 0 Å². The van der Waals surface area contributed by atoms with Gasteiger partial charge in [-0.2, -0.15) is 0 Å². The van der Waals surface area contributed by atoms with Crippen LogP contribution < -0.4 is 20.5 Å². The van der Waals surface area contributed by atoms with Crippen LogP contribution in [0, 0.1) is 0 Å². The molecule has 7 nitrogen and oxygen atoms in total. The molecule has 0 amide bonds. The van der Waals surface area contributed by atoms with Gasteiger partial charge in [-0.1, -0.05) is 24.3 Å². The van der Waals surface area contributed by atoms with Gasteiger partial charge in [0.05, 0.1) is 51.7 Å². The van der Waals surface area contributed by atoms with E-state index in [2.05, 4.69) is 29.4 Å². The lowest BCUT2D eigenvalue weighted by Gasteiger charge is -2.26. The Morgan fingerprint density at radius 1 is 1.20 bits per heavy atom. The van der Waals surface area contributed by atoms with Gasteiger partial charge < -0.3 is 24.8 Å². The second kappa shape index (κ2) is 10.2. The van der Waals surface area contributed by atoms with Gasteiger partial charge in [0, 0.05) is 6.54 Å². The zero-order valence-electron chi connectivity index (χ0n) is 17.6. The van der Waals surface area contributed by atoms with E-state index in [1.165, 1.54) is 4.90 Å². The van der Waals surface area contributed by atoms with Crippen molar-refractivity contribution in [2.24, 2.45) is 0 Å². The Labute approximate surface area is 181 Å². The average molecular weight is 427 g/mol. The van der Waals surface area contributed by atoms with Gasteiger partial charge in [-0.05, 0) is 42.0 Å². The number of benzene rings is 2. The maximum Gasteiger partial charge on any atom is 0.258 e. The van der Waals surface area contributed by atoms with Crippen molar-refractivity contribution in [3.8, 4) is 5.75 Å². The minimum absolute atomic E-state index is 0.133. The molecule has 0 saturated heterocycles. The maximum absolute atomic E-state index is 12.4. The highest BCUT2D eigenvalue weighted by molar-refractivity contribution is 7.80.